The Labute approximate surface area is 149 Å². The number of rotatable bonds is 7. The van der Waals surface area contributed by atoms with Crippen LogP contribution in [-0.2, 0) is 10.2 Å². The molecule has 25 heavy (non-hydrogen) atoms. The van der Waals surface area contributed by atoms with Crippen LogP contribution >= 0.6 is 0 Å². The van der Waals surface area contributed by atoms with Crippen LogP contribution in [0.15, 0.2) is 30.3 Å². The van der Waals surface area contributed by atoms with Crippen LogP contribution in [0.2, 0.25) is 0 Å². The zero-order valence-corrected chi connectivity index (χ0v) is 15.5. The average Bonchev–Trinajstić information content (AvgIpc) is 2.95. The first-order chi connectivity index (χ1) is 11.8. The topological polar surface area (TPSA) is 44.1 Å². The number of hydrogen-bond donors (Lipinski definition) is 0. The molecule has 0 aliphatic carbocycles. The number of esters is 1. The highest BCUT2D eigenvalue weighted by Crippen LogP contribution is 2.28. The van der Waals surface area contributed by atoms with Gasteiger partial charge in [0.1, 0.15) is 5.82 Å². The maximum Gasteiger partial charge on any atom is 0.312 e. The van der Waals surface area contributed by atoms with Crippen molar-refractivity contribution in [1.29, 1.82) is 0 Å². The smallest absolute Gasteiger partial charge is 0.312 e. The van der Waals surface area contributed by atoms with Gasteiger partial charge >= 0.3 is 5.97 Å². The molecule has 0 saturated carbocycles. The molecule has 0 saturated heterocycles. The Morgan fingerprint density at radius 1 is 1.20 bits per heavy atom. The Morgan fingerprint density at radius 3 is 2.60 bits per heavy atom. The maximum absolute atomic E-state index is 13.6. The molecule has 1 heterocycles. The van der Waals surface area contributed by atoms with E-state index in [-0.39, 0.29) is 17.2 Å². The number of halogens is 1. The number of ether oxygens (including phenoxy) is 1. The molecule has 0 bridgehead atoms. The Morgan fingerprint density at radius 2 is 1.96 bits per heavy atom. The van der Waals surface area contributed by atoms with E-state index >= 15 is 0 Å². The van der Waals surface area contributed by atoms with E-state index in [2.05, 4.69) is 12.0 Å². The lowest BCUT2D eigenvalue weighted by Crippen LogP contribution is -2.13. The van der Waals surface area contributed by atoms with E-state index in [1.807, 2.05) is 20.8 Å². The summed E-state index contributed by atoms with van der Waals surface area (Å²) in [4.78, 5) is 12.1. The van der Waals surface area contributed by atoms with E-state index in [4.69, 9.17) is 4.74 Å². The van der Waals surface area contributed by atoms with Crippen molar-refractivity contribution in [2.24, 2.45) is 0 Å². The van der Waals surface area contributed by atoms with Crippen molar-refractivity contribution in [3.05, 3.63) is 41.8 Å². The molecule has 0 aliphatic rings. The Kier molecular flexibility index (Phi) is 6.34. The summed E-state index contributed by atoms with van der Waals surface area (Å²) in [7, 11) is 0. The number of nitrogens with zero attached hydrogens (tertiary/aromatic N) is 2. The third kappa shape index (κ3) is 5.41. The molecular formula is C20H27FN2O2. The first-order valence-electron chi connectivity index (χ1n) is 8.88. The standard InChI is InChI=1S/C20H27FN2O2/c1-5-6-7-8-12-19(24)25-18-14-17(20(2,3)4)22-23(18)16-11-9-10-15(21)13-16/h9-11,13-14H,5-8,12H2,1-4H3. The molecule has 0 fully saturated rings. The number of carbonyl (C=O) groups is 1. The van der Waals surface area contributed by atoms with Crippen molar-refractivity contribution < 1.29 is 13.9 Å². The van der Waals surface area contributed by atoms with Gasteiger partial charge in [0.25, 0.3) is 0 Å². The van der Waals surface area contributed by atoms with Crippen LogP contribution in [-0.4, -0.2) is 15.7 Å². The van der Waals surface area contributed by atoms with Gasteiger partial charge in [0.15, 0.2) is 0 Å². The number of carbonyl (C=O) groups excluding carboxylic acids is 1. The van der Waals surface area contributed by atoms with Crippen LogP contribution in [0.4, 0.5) is 4.39 Å². The van der Waals surface area contributed by atoms with Gasteiger partial charge < -0.3 is 4.74 Å². The minimum absolute atomic E-state index is 0.207. The number of hydrogen-bond acceptors (Lipinski definition) is 3. The van der Waals surface area contributed by atoms with E-state index in [1.54, 1.807) is 18.2 Å². The van der Waals surface area contributed by atoms with Gasteiger partial charge in [-0.05, 0) is 24.6 Å². The van der Waals surface area contributed by atoms with Gasteiger partial charge in [-0.25, -0.2) is 9.07 Å². The van der Waals surface area contributed by atoms with Crippen LogP contribution in [0.5, 0.6) is 5.88 Å². The summed E-state index contributed by atoms with van der Waals surface area (Å²) in [6, 6.07) is 7.85. The van der Waals surface area contributed by atoms with Gasteiger partial charge in [0.2, 0.25) is 5.88 Å². The highest BCUT2D eigenvalue weighted by molar-refractivity contribution is 5.72. The zero-order valence-electron chi connectivity index (χ0n) is 15.5. The first-order valence-corrected chi connectivity index (χ1v) is 8.88. The second-order valence-corrected chi connectivity index (χ2v) is 7.29. The largest absolute Gasteiger partial charge is 0.407 e. The van der Waals surface area contributed by atoms with E-state index in [0.29, 0.717) is 18.0 Å². The molecule has 2 rings (SSSR count). The predicted molar refractivity (Wildman–Crippen MR) is 96.6 cm³/mol. The Balaban J connectivity index is 2.23. The van der Waals surface area contributed by atoms with E-state index in [9.17, 15) is 9.18 Å². The predicted octanol–water partition coefficient (Wildman–Crippen LogP) is 5.18. The number of benzene rings is 1. The molecule has 5 heteroatoms. The second kappa shape index (κ2) is 8.28. The molecule has 4 nitrogen and oxygen atoms in total. The van der Waals surface area contributed by atoms with Crippen molar-refractivity contribution in [3.8, 4) is 11.6 Å². The lowest BCUT2D eigenvalue weighted by atomic mass is 9.93. The number of aromatic nitrogens is 2. The van der Waals surface area contributed by atoms with E-state index in [1.165, 1.54) is 16.8 Å². The summed E-state index contributed by atoms with van der Waals surface area (Å²) in [5.74, 6) is -0.313. The molecule has 0 N–H and O–H groups in total. The van der Waals surface area contributed by atoms with Gasteiger partial charge in [0.05, 0.1) is 11.4 Å². The fourth-order valence-corrected chi connectivity index (χ4v) is 2.46. The molecule has 1 aromatic carbocycles. The molecule has 0 atom stereocenters. The van der Waals surface area contributed by atoms with Gasteiger partial charge in [0, 0.05) is 17.9 Å². The normalized spacial score (nSPS) is 11.6. The highest BCUT2D eigenvalue weighted by atomic mass is 19.1. The van der Waals surface area contributed by atoms with Crippen LogP contribution in [0.1, 0.15) is 65.5 Å². The van der Waals surface area contributed by atoms with Crippen molar-refractivity contribution in [3.63, 3.8) is 0 Å². The minimum Gasteiger partial charge on any atom is -0.407 e. The Hall–Kier alpha value is -2.17. The SMILES string of the molecule is CCCCCCC(=O)Oc1cc(C(C)(C)C)nn1-c1cccc(F)c1. The quantitative estimate of drug-likeness (QED) is 0.512. The van der Waals surface area contributed by atoms with Gasteiger partial charge in [-0.15, -0.1) is 0 Å². The lowest BCUT2D eigenvalue weighted by Gasteiger charge is -2.13. The van der Waals surface area contributed by atoms with Gasteiger partial charge in [-0.2, -0.15) is 5.10 Å². The summed E-state index contributed by atoms with van der Waals surface area (Å²) < 4.78 is 20.6. The molecular weight excluding hydrogens is 319 g/mol. The summed E-state index contributed by atoms with van der Waals surface area (Å²) in [6.07, 6.45) is 4.44. The van der Waals surface area contributed by atoms with E-state index < -0.39 is 0 Å². The zero-order chi connectivity index (χ0) is 18.4. The summed E-state index contributed by atoms with van der Waals surface area (Å²) in [6.45, 7) is 8.22. The third-order valence-electron chi connectivity index (χ3n) is 3.95. The van der Waals surface area contributed by atoms with Crippen molar-refractivity contribution in [2.75, 3.05) is 0 Å². The molecule has 0 radical (unpaired) electrons. The number of unbranched alkanes of at least 4 members (excludes halogenated alkanes) is 3. The average molecular weight is 346 g/mol. The molecule has 136 valence electrons. The highest BCUT2D eigenvalue weighted by Gasteiger charge is 2.22. The van der Waals surface area contributed by atoms with Crippen molar-refractivity contribution in [2.45, 2.75) is 65.2 Å². The summed E-state index contributed by atoms with van der Waals surface area (Å²) >= 11 is 0. The van der Waals surface area contributed by atoms with Crippen LogP contribution < -0.4 is 4.74 Å². The molecule has 0 aliphatic heterocycles. The van der Waals surface area contributed by atoms with Gasteiger partial charge in [-0.3, -0.25) is 4.79 Å². The first kappa shape index (κ1) is 19.2. The van der Waals surface area contributed by atoms with Gasteiger partial charge in [-0.1, -0.05) is 53.0 Å². The van der Waals surface area contributed by atoms with Crippen LogP contribution in [0, 0.1) is 5.82 Å². The van der Waals surface area contributed by atoms with Crippen LogP contribution in [0.3, 0.4) is 0 Å². The summed E-state index contributed by atoms with van der Waals surface area (Å²) in [5.41, 5.74) is 1.11. The fraction of sp³-hybridized carbons (Fsp3) is 0.500. The molecule has 0 spiro atoms. The molecule has 0 amide bonds. The Bertz CT molecular complexity index is 717. The van der Waals surface area contributed by atoms with Crippen molar-refractivity contribution in [1.82, 2.24) is 9.78 Å². The fourth-order valence-electron chi connectivity index (χ4n) is 2.46. The van der Waals surface area contributed by atoms with Crippen molar-refractivity contribution >= 4 is 5.97 Å². The molecule has 0 unspecified atom stereocenters. The minimum atomic E-state index is -0.359. The molecule has 2 aromatic rings. The maximum atomic E-state index is 13.6. The molecule has 1 aromatic heterocycles. The summed E-state index contributed by atoms with van der Waals surface area (Å²) in [5, 5.41) is 4.53. The van der Waals surface area contributed by atoms with E-state index in [0.717, 1.165) is 31.4 Å². The second-order valence-electron chi connectivity index (χ2n) is 7.29. The lowest BCUT2D eigenvalue weighted by molar-refractivity contribution is -0.134. The van der Waals surface area contributed by atoms with Crippen LogP contribution in [0.25, 0.3) is 5.69 Å². The third-order valence-corrected chi connectivity index (χ3v) is 3.95. The monoisotopic (exact) mass is 346 g/mol.